The lowest BCUT2D eigenvalue weighted by atomic mass is 9.95. The zero-order chi connectivity index (χ0) is 13.2. The number of rotatable bonds is 3. The van der Waals surface area contributed by atoms with Crippen LogP contribution in [-0.2, 0) is 9.59 Å². The lowest BCUT2D eigenvalue weighted by Gasteiger charge is -2.31. The number of nitrogens with zero attached hydrogens (tertiary/aromatic N) is 2. The minimum atomic E-state index is -0.0200. The highest BCUT2D eigenvalue weighted by Gasteiger charge is 2.35. The number of H-pyrrole nitrogens is 1. The van der Waals surface area contributed by atoms with Crippen molar-refractivity contribution in [3.8, 4) is 0 Å². The van der Waals surface area contributed by atoms with Gasteiger partial charge in [0.05, 0.1) is 0 Å². The summed E-state index contributed by atoms with van der Waals surface area (Å²) in [5.41, 5.74) is 0. The third-order valence-corrected chi connectivity index (χ3v) is 3.84. The first kappa shape index (κ1) is 12.2. The molecule has 2 N–H and O–H groups in total. The van der Waals surface area contributed by atoms with Crippen molar-refractivity contribution < 1.29 is 9.59 Å². The first-order valence-electron chi connectivity index (χ1n) is 6.83. The summed E-state index contributed by atoms with van der Waals surface area (Å²) >= 11 is 0. The number of anilines is 1. The van der Waals surface area contributed by atoms with Crippen molar-refractivity contribution >= 4 is 17.8 Å². The molecule has 0 radical (unpaired) electrons. The van der Waals surface area contributed by atoms with E-state index in [-0.39, 0.29) is 23.7 Å². The van der Waals surface area contributed by atoms with Crippen LogP contribution in [0.1, 0.15) is 25.7 Å². The Labute approximate surface area is 111 Å². The van der Waals surface area contributed by atoms with Crippen LogP contribution in [0.4, 0.5) is 5.95 Å². The Hall–Kier alpha value is -1.85. The number of carbonyl (C=O) groups excluding carboxylic acids is 2. The minimum Gasteiger partial charge on any atom is -0.342 e. The molecular weight excluding hydrogens is 244 g/mol. The van der Waals surface area contributed by atoms with Crippen LogP contribution >= 0.6 is 0 Å². The van der Waals surface area contributed by atoms with Gasteiger partial charge in [0.2, 0.25) is 17.8 Å². The van der Waals surface area contributed by atoms with Gasteiger partial charge in [-0.1, -0.05) is 0 Å². The van der Waals surface area contributed by atoms with Crippen molar-refractivity contribution in [1.82, 2.24) is 14.9 Å². The standard InChI is InChI=1S/C13H18N4O2/c18-11(16-13-14-5-6-15-13)9-3-7-17(8-4-9)12(19)10-1-2-10/h5-6,9-10H,1-4,7-8H2,(H2,14,15,16,18). The predicted octanol–water partition coefficient (Wildman–Crippen LogP) is 0.997. The average Bonchev–Trinajstić information content (AvgIpc) is 3.17. The molecule has 1 aromatic rings. The number of carbonyl (C=O) groups is 2. The van der Waals surface area contributed by atoms with Gasteiger partial charge >= 0.3 is 0 Å². The molecule has 6 nitrogen and oxygen atoms in total. The molecule has 0 spiro atoms. The second kappa shape index (κ2) is 5.03. The van der Waals surface area contributed by atoms with Crippen LogP contribution in [0.2, 0.25) is 0 Å². The van der Waals surface area contributed by atoms with Gasteiger partial charge in [0.1, 0.15) is 0 Å². The summed E-state index contributed by atoms with van der Waals surface area (Å²) < 4.78 is 0. The molecule has 0 aromatic carbocycles. The fraction of sp³-hybridized carbons (Fsp3) is 0.615. The van der Waals surface area contributed by atoms with Crippen LogP contribution in [-0.4, -0.2) is 39.8 Å². The van der Waals surface area contributed by atoms with Crippen molar-refractivity contribution in [3.63, 3.8) is 0 Å². The third-order valence-electron chi connectivity index (χ3n) is 3.84. The number of amides is 2. The lowest BCUT2D eigenvalue weighted by molar-refractivity contribution is -0.135. The van der Waals surface area contributed by atoms with E-state index in [4.69, 9.17) is 0 Å². The summed E-state index contributed by atoms with van der Waals surface area (Å²) in [5.74, 6) is 1.02. The number of hydrogen-bond donors (Lipinski definition) is 2. The van der Waals surface area contributed by atoms with Gasteiger partial charge in [-0.3, -0.25) is 14.9 Å². The number of imidazole rings is 1. The maximum atomic E-state index is 12.0. The number of piperidine rings is 1. The van der Waals surface area contributed by atoms with Crippen LogP contribution in [0.5, 0.6) is 0 Å². The topological polar surface area (TPSA) is 78.1 Å². The minimum absolute atomic E-state index is 0.00605. The summed E-state index contributed by atoms with van der Waals surface area (Å²) in [6, 6.07) is 0. The molecule has 1 aliphatic carbocycles. The van der Waals surface area contributed by atoms with E-state index in [1.54, 1.807) is 12.4 Å². The van der Waals surface area contributed by atoms with Crippen LogP contribution in [0, 0.1) is 11.8 Å². The van der Waals surface area contributed by atoms with Gasteiger partial charge in [0.25, 0.3) is 0 Å². The van der Waals surface area contributed by atoms with Gasteiger partial charge in [0.15, 0.2) is 0 Å². The molecule has 2 heterocycles. The van der Waals surface area contributed by atoms with Crippen molar-refractivity contribution in [2.45, 2.75) is 25.7 Å². The fourth-order valence-corrected chi connectivity index (χ4v) is 2.50. The number of aromatic nitrogens is 2. The second-order valence-corrected chi connectivity index (χ2v) is 5.30. The molecule has 6 heteroatoms. The molecule has 1 saturated carbocycles. The van der Waals surface area contributed by atoms with Gasteiger partial charge < -0.3 is 9.88 Å². The van der Waals surface area contributed by atoms with E-state index in [1.807, 2.05) is 4.90 Å². The van der Waals surface area contributed by atoms with Crippen molar-refractivity contribution in [3.05, 3.63) is 12.4 Å². The fourth-order valence-electron chi connectivity index (χ4n) is 2.50. The molecule has 102 valence electrons. The van der Waals surface area contributed by atoms with Gasteiger partial charge in [-0.05, 0) is 25.7 Å². The monoisotopic (exact) mass is 262 g/mol. The summed E-state index contributed by atoms with van der Waals surface area (Å²) in [4.78, 5) is 32.7. The van der Waals surface area contributed by atoms with E-state index < -0.39 is 0 Å². The maximum Gasteiger partial charge on any atom is 0.229 e. The number of nitrogens with one attached hydrogen (secondary N) is 2. The smallest absolute Gasteiger partial charge is 0.229 e. The highest BCUT2D eigenvalue weighted by atomic mass is 16.2. The molecule has 0 bridgehead atoms. The quantitative estimate of drug-likeness (QED) is 0.853. The van der Waals surface area contributed by atoms with Gasteiger partial charge in [-0.15, -0.1) is 0 Å². The number of aromatic amines is 1. The molecule has 0 unspecified atom stereocenters. The largest absolute Gasteiger partial charge is 0.342 e. The Morgan fingerprint density at radius 3 is 2.53 bits per heavy atom. The van der Waals surface area contributed by atoms with Gasteiger partial charge in [-0.2, -0.15) is 0 Å². The van der Waals surface area contributed by atoms with E-state index >= 15 is 0 Å². The molecule has 2 aliphatic rings. The lowest BCUT2D eigenvalue weighted by Crippen LogP contribution is -2.42. The predicted molar refractivity (Wildman–Crippen MR) is 69.2 cm³/mol. The van der Waals surface area contributed by atoms with Gasteiger partial charge in [-0.25, -0.2) is 4.98 Å². The zero-order valence-corrected chi connectivity index (χ0v) is 10.8. The highest BCUT2D eigenvalue weighted by Crippen LogP contribution is 2.32. The SMILES string of the molecule is O=C(Nc1ncc[nH]1)C1CCN(C(=O)C2CC2)CC1. The van der Waals surface area contributed by atoms with Gasteiger partial charge in [0, 0.05) is 37.3 Å². The summed E-state index contributed by atoms with van der Waals surface area (Å²) in [5, 5.41) is 2.76. The molecule has 3 rings (SSSR count). The molecular formula is C13H18N4O2. The van der Waals surface area contributed by atoms with E-state index in [2.05, 4.69) is 15.3 Å². The number of likely N-dealkylation sites (tertiary alicyclic amines) is 1. The Balaban J connectivity index is 1.49. The Morgan fingerprint density at radius 2 is 1.95 bits per heavy atom. The van der Waals surface area contributed by atoms with Crippen LogP contribution in [0.3, 0.4) is 0 Å². The summed E-state index contributed by atoms with van der Waals surface area (Å²) in [6.45, 7) is 1.40. The van der Waals surface area contributed by atoms with E-state index in [9.17, 15) is 9.59 Å². The number of hydrogen-bond acceptors (Lipinski definition) is 3. The van der Waals surface area contributed by atoms with Crippen LogP contribution in [0.15, 0.2) is 12.4 Å². The molecule has 2 fully saturated rings. The molecule has 1 saturated heterocycles. The summed E-state index contributed by atoms with van der Waals surface area (Å²) in [6.07, 6.45) is 6.84. The van der Waals surface area contributed by atoms with E-state index in [0.717, 1.165) is 25.7 Å². The molecule has 1 aliphatic heterocycles. The van der Waals surface area contributed by atoms with Crippen molar-refractivity contribution in [1.29, 1.82) is 0 Å². The van der Waals surface area contributed by atoms with Crippen LogP contribution < -0.4 is 5.32 Å². The van der Waals surface area contributed by atoms with E-state index in [1.165, 1.54) is 0 Å². The highest BCUT2D eigenvalue weighted by molar-refractivity contribution is 5.91. The molecule has 2 amide bonds. The molecule has 0 atom stereocenters. The normalized spacial score (nSPS) is 20.3. The Kier molecular flexibility index (Phi) is 3.23. The van der Waals surface area contributed by atoms with Crippen LogP contribution in [0.25, 0.3) is 0 Å². The van der Waals surface area contributed by atoms with Crippen molar-refractivity contribution in [2.75, 3.05) is 18.4 Å². The van der Waals surface area contributed by atoms with E-state index in [0.29, 0.717) is 19.0 Å². The first-order valence-corrected chi connectivity index (χ1v) is 6.83. The molecule has 1 aromatic heterocycles. The molecule has 19 heavy (non-hydrogen) atoms. The summed E-state index contributed by atoms with van der Waals surface area (Å²) in [7, 11) is 0. The van der Waals surface area contributed by atoms with Crippen molar-refractivity contribution in [2.24, 2.45) is 11.8 Å². The second-order valence-electron chi connectivity index (χ2n) is 5.30. The Bertz CT molecular complexity index is 459. The maximum absolute atomic E-state index is 12.0. The average molecular weight is 262 g/mol. The Morgan fingerprint density at radius 1 is 1.21 bits per heavy atom. The zero-order valence-electron chi connectivity index (χ0n) is 10.8. The third kappa shape index (κ3) is 2.77. The first-order chi connectivity index (χ1) is 9.24.